The third-order valence-electron chi connectivity index (χ3n) is 3.33. The number of amides is 1. The smallest absolute Gasteiger partial charge is 0.258 e. The normalized spacial score (nSPS) is 11.2. The maximum Gasteiger partial charge on any atom is 0.258 e. The first-order chi connectivity index (χ1) is 9.29. The van der Waals surface area contributed by atoms with Crippen LogP contribution in [0.25, 0.3) is 0 Å². The average Bonchev–Trinajstić information content (AvgIpc) is 2.31. The first-order valence-corrected chi connectivity index (χ1v) is 7.30. The summed E-state index contributed by atoms with van der Waals surface area (Å²) in [5.41, 5.74) is 2.28. The average molecular weight is 277 g/mol. The number of aryl methyl sites for hydroxylation is 2. The fraction of sp³-hybridized carbons (Fsp3) is 0.588. The van der Waals surface area contributed by atoms with Gasteiger partial charge in [-0.15, -0.1) is 0 Å². The van der Waals surface area contributed by atoms with Crippen molar-refractivity contribution in [1.29, 1.82) is 0 Å². The minimum atomic E-state index is -0.0587. The molecule has 0 aliphatic rings. The fourth-order valence-corrected chi connectivity index (χ4v) is 2.50. The van der Waals surface area contributed by atoms with Gasteiger partial charge in [0.15, 0.2) is 6.61 Å². The predicted molar refractivity (Wildman–Crippen MR) is 83.0 cm³/mol. The van der Waals surface area contributed by atoms with Gasteiger partial charge >= 0.3 is 0 Å². The SMILES string of the molecule is Cc1cc(C)cc(OCC(=O)NC(C(C)C)C(C)C)c1. The van der Waals surface area contributed by atoms with Crippen molar-refractivity contribution in [2.45, 2.75) is 47.6 Å². The van der Waals surface area contributed by atoms with Crippen molar-refractivity contribution >= 4 is 5.91 Å². The highest BCUT2D eigenvalue weighted by molar-refractivity contribution is 5.77. The molecule has 0 aliphatic heterocycles. The van der Waals surface area contributed by atoms with Crippen molar-refractivity contribution in [2.75, 3.05) is 6.61 Å². The Hall–Kier alpha value is -1.51. The van der Waals surface area contributed by atoms with Crippen LogP contribution in [-0.2, 0) is 4.79 Å². The Morgan fingerprint density at radius 2 is 1.55 bits per heavy atom. The summed E-state index contributed by atoms with van der Waals surface area (Å²) in [6, 6.07) is 6.16. The number of hydrogen-bond donors (Lipinski definition) is 1. The molecule has 1 aromatic carbocycles. The van der Waals surface area contributed by atoms with E-state index in [1.165, 1.54) is 0 Å². The quantitative estimate of drug-likeness (QED) is 0.864. The first-order valence-electron chi connectivity index (χ1n) is 7.30. The van der Waals surface area contributed by atoms with E-state index in [-0.39, 0.29) is 18.6 Å². The molecule has 112 valence electrons. The van der Waals surface area contributed by atoms with E-state index in [1.54, 1.807) is 0 Å². The van der Waals surface area contributed by atoms with Gasteiger partial charge in [0.2, 0.25) is 0 Å². The molecule has 3 heteroatoms. The maximum absolute atomic E-state index is 12.0. The topological polar surface area (TPSA) is 38.3 Å². The Morgan fingerprint density at radius 1 is 1.05 bits per heavy atom. The van der Waals surface area contributed by atoms with E-state index in [1.807, 2.05) is 26.0 Å². The minimum Gasteiger partial charge on any atom is -0.484 e. The highest BCUT2D eigenvalue weighted by atomic mass is 16.5. The van der Waals surface area contributed by atoms with Gasteiger partial charge in [0.1, 0.15) is 5.75 Å². The molecular formula is C17H27NO2. The van der Waals surface area contributed by atoms with Crippen LogP contribution in [0, 0.1) is 25.7 Å². The lowest BCUT2D eigenvalue weighted by atomic mass is 9.93. The molecule has 0 bridgehead atoms. The molecule has 1 rings (SSSR count). The predicted octanol–water partition coefficient (Wildman–Crippen LogP) is 3.48. The summed E-state index contributed by atoms with van der Waals surface area (Å²) >= 11 is 0. The van der Waals surface area contributed by atoms with Gasteiger partial charge in [-0.25, -0.2) is 0 Å². The van der Waals surface area contributed by atoms with Crippen LogP contribution in [0.3, 0.4) is 0 Å². The largest absolute Gasteiger partial charge is 0.484 e. The second-order valence-electron chi connectivity index (χ2n) is 6.19. The summed E-state index contributed by atoms with van der Waals surface area (Å²) in [6.45, 7) is 12.6. The number of hydrogen-bond acceptors (Lipinski definition) is 2. The lowest BCUT2D eigenvalue weighted by Gasteiger charge is -2.26. The van der Waals surface area contributed by atoms with E-state index in [9.17, 15) is 4.79 Å². The lowest BCUT2D eigenvalue weighted by Crippen LogP contribution is -2.44. The van der Waals surface area contributed by atoms with Crippen molar-refractivity contribution < 1.29 is 9.53 Å². The van der Waals surface area contributed by atoms with Gasteiger partial charge in [0.05, 0.1) is 0 Å². The van der Waals surface area contributed by atoms with Gasteiger partial charge in [-0.2, -0.15) is 0 Å². The minimum absolute atomic E-state index is 0.0587. The van der Waals surface area contributed by atoms with Crippen LogP contribution in [0.2, 0.25) is 0 Å². The molecule has 0 radical (unpaired) electrons. The number of ether oxygens (including phenoxy) is 1. The van der Waals surface area contributed by atoms with Crippen molar-refractivity contribution in [3.05, 3.63) is 29.3 Å². The van der Waals surface area contributed by atoms with E-state index in [0.717, 1.165) is 16.9 Å². The molecule has 0 aliphatic carbocycles. The van der Waals surface area contributed by atoms with E-state index >= 15 is 0 Å². The summed E-state index contributed by atoms with van der Waals surface area (Å²) in [7, 11) is 0. The molecular weight excluding hydrogens is 250 g/mol. The Balaban J connectivity index is 2.54. The molecule has 1 amide bonds. The van der Waals surface area contributed by atoms with Gasteiger partial charge in [0.25, 0.3) is 5.91 Å². The van der Waals surface area contributed by atoms with E-state index in [2.05, 4.69) is 39.1 Å². The van der Waals surface area contributed by atoms with Gasteiger partial charge in [0, 0.05) is 6.04 Å². The zero-order chi connectivity index (χ0) is 15.3. The molecule has 0 unspecified atom stereocenters. The molecule has 1 aromatic rings. The third-order valence-corrected chi connectivity index (χ3v) is 3.33. The van der Waals surface area contributed by atoms with Gasteiger partial charge in [-0.1, -0.05) is 33.8 Å². The zero-order valence-electron chi connectivity index (χ0n) is 13.5. The van der Waals surface area contributed by atoms with Crippen LogP contribution in [0.4, 0.5) is 0 Å². The van der Waals surface area contributed by atoms with E-state index in [4.69, 9.17) is 4.74 Å². The van der Waals surface area contributed by atoms with Crippen molar-refractivity contribution in [3.8, 4) is 5.75 Å². The molecule has 0 spiro atoms. The van der Waals surface area contributed by atoms with Crippen LogP contribution < -0.4 is 10.1 Å². The molecule has 20 heavy (non-hydrogen) atoms. The van der Waals surface area contributed by atoms with Crippen LogP contribution in [0.15, 0.2) is 18.2 Å². The standard InChI is InChI=1S/C17H27NO2/c1-11(2)17(12(3)4)18-16(19)10-20-15-8-13(5)7-14(6)9-15/h7-9,11-12,17H,10H2,1-6H3,(H,18,19). The van der Waals surface area contributed by atoms with Crippen LogP contribution in [0.5, 0.6) is 5.75 Å². The number of rotatable bonds is 6. The van der Waals surface area contributed by atoms with E-state index < -0.39 is 0 Å². The lowest BCUT2D eigenvalue weighted by molar-refractivity contribution is -0.124. The van der Waals surface area contributed by atoms with Gasteiger partial charge in [-0.3, -0.25) is 4.79 Å². The fourth-order valence-electron chi connectivity index (χ4n) is 2.50. The van der Waals surface area contributed by atoms with Gasteiger partial charge in [-0.05, 0) is 48.9 Å². The third kappa shape index (κ3) is 5.24. The highest BCUT2D eigenvalue weighted by Crippen LogP contribution is 2.16. The molecule has 0 heterocycles. The number of benzene rings is 1. The molecule has 1 N–H and O–H groups in total. The molecule has 0 saturated heterocycles. The summed E-state index contributed by atoms with van der Waals surface area (Å²) in [5.74, 6) is 1.53. The number of carbonyl (C=O) groups excluding carboxylic acids is 1. The molecule has 0 aromatic heterocycles. The van der Waals surface area contributed by atoms with Crippen LogP contribution in [0.1, 0.15) is 38.8 Å². The Kier molecular flexibility index (Phi) is 6.05. The summed E-state index contributed by atoms with van der Waals surface area (Å²) in [4.78, 5) is 12.0. The van der Waals surface area contributed by atoms with Crippen molar-refractivity contribution in [1.82, 2.24) is 5.32 Å². The molecule has 3 nitrogen and oxygen atoms in total. The molecule has 0 fully saturated rings. The van der Waals surface area contributed by atoms with Crippen LogP contribution in [-0.4, -0.2) is 18.6 Å². The summed E-state index contributed by atoms with van der Waals surface area (Å²) < 4.78 is 5.58. The second-order valence-corrected chi connectivity index (χ2v) is 6.19. The molecule has 0 saturated carbocycles. The number of nitrogens with one attached hydrogen (secondary N) is 1. The van der Waals surface area contributed by atoms with Gasteiger partial charge < -0.3 is 10.1 Å². The Morgan fingerprint density at radius 3 is 2.00 bits per heavy atom. The highest BCUT2D eigenvalue weighted by Gasteiger charge is 2.19. The summed E-state index contributed by atoms with van der Waals surface area (Å²) in [5, 5.41) is 3.05. The molecule has 0 atom stereocenters. The Labute approximate surface area is 122 Å². The maximum atomic E-state index is 12.0. The monoisotopic (exact) mass is 277 g/mol. The summed E-state index contributed by atoms with van der Waals surface area (Å²) in [6.07, 6.45) is 0. The second kappa shape index (κ2) is 7.32. The van der Waals surface area contributed by atoms with Crippen molar-refractivity contribution in [3.63, 3.8) is 0 Å². The number of carbonyl (C=O) groups is 1. The Bertz CT molecular complexity index is 424. The first kappa shape index (κ1) is 16.5. The van der Waals surface area contributed by atoms with Crippen molar-refractivity contribution in [2.24, 2.45) is 11.8 Å². The zero-order valence-corrected chi connectivity index (χ0v) is 13.5. The van der Waals surface area contributed by atoms with Crippen LogP contribution >= 0.6 is 0 Å². The van der Waals surface area contributed by atoms with E-state index in [0.29, 0.717) is 11.8 Å².